The Hall–Kier alpha value is -0.590. The van der Waals surface area contributed by atoms with Crippen LogP contribution in [0.15, 0.2) is 0 Å². The highest BCUT2D eigenvalue weighted by molar-refractivity contribution is 4.92. The summed E-state index contributed by atoms with van der Waals surface area (Å²) in [7, 11) is 1.75. The molecule has 0 aliphatic heterocycles. The van der Waals surface area contributed by atoms with Crippen molar-refractivity contribution in [2.24, 2.45) is 5.41 Å². The highest BCUT2D eigenvalue weighted by Gasteiger charge is 2.28. The SMILES string of the molecule is COCCN(CCCC(C)(C)C#N)C1CC1. The summed E-state index contributed by atoms with van der Waals surface area (Å²) in [5.74, 6) is 0. The van der Waals surface area contributed by atoms with Crippen LogP contribution in [0.1, 0.15) is 39.5 Å². The van der Waals surface area contributed by atoms with E-state index < -0.39 is 0 Å². The third-order valence-corrected chi connectivity index (χ3v) is 3.20. The summed E-state index contributed by atoms with van der Waals surface area (Å²) in [6.45, 7) is 7.00. The van der Waals surface area contributed by atoms with E-state index in [-0.39, 0.29) is 5.41 Å². The molecular weight excluding hydrogens is 200 g/mol. The van der Waals surface area contributed by atoms with E-state index in [1.807, 2.05) is 13.8 Å². The van der Waals surface area contributed by atoms with Crippen molar-refractivity contribution >= 4 is 0 Å². The zero-order valence-electron chi connectivity index (χ0n) is 10.8. The van der Waals surface area contributed by atoms with E-state index in [0.29, 0.717) is 0 Å². The summed E-state index contributed by atoms with van der Waals surface area (Å²) in [6.07, 6.45) is 4.77. The molecule has 0 bridgehead atoms. The lowest BCUT2D eigenvalue weighted by Gasteiger charge is -2.23. The average Bonchev–Trinajstić information content (AvgIpc) is 3.07. The highest BCUT2D eigenvalue weighted by Crippen LogP contribution is 2.28. The summed E-state index contributed by atoms with van der Waals surface area (Å²) < 4.78 is 5.12. The van der Waals surface area contributed by atoms with Crippen molar-refractivity contribution in [1.29, 1.82) is 5.26 Å². The van der Waals surface area contributed by atoms with Crippen LogP contribution < -0.4 is 0 Å². The number of hydrogen-bond donors (Lipinski definition) is 0. The molecule has 1 aliphatic rings. The van der Waals surface area contributed by atoms with Gasteiger partial charge in [-0.15, -0.1) is 0 Å². The van der Waals surface area contributed by atoms with Crippen LogP contribution in [0, 0.1) is 16.7 Å². The van der Waals surface area contributed by atoms with E-state index in [9.17, 15) is 0 Å². The fraction of sp³-hybridized carbons (Fsp3) is 0.923. The van der Waals surface area contributed by atoms with Gasteiger partial charge in [0.2, 0.25) is 0 Å². The molecule has 0 amide bonds. The van der Waals surface area contributed by atoms with Gasteiger partial charge in [0.25, 0.3) is 0 Å². The minimum absolute atomic E-state index is 0.170. The van der Waals surface area contributed by atoms with Crippen molar-refractivity contribution in [3.63, 3.8) is 0 Å². The minimum Gasteiger partial charge on any atom is -0.383 e. The van der Waals surface area contributed by atoms with Gasteiger partial charge in [0, 0.05) is 19.7 Å². The van der Waals surface area contributed by atoms with Crippen LogP contribution in [0.25, 0.3) is 0 Å². The van der Waals surface area contributed by atoms with Crippen molar-refractivity contribution < 1.29 is 4.74 Å². The van der Waals surface area contributed by atoms with Gasteiger partial charge < -0.3 is 4.74 Å². The molecule has 0 heterocycles. The predicted octanol–water partition coefficient (Wildman–Crippen LogP) is 2.43. The first-order valence-corrected chi connectivity index (χ1v) is 6.23. The maximum absolute atomic E-state index is 8.94. The smallest absolute Gasteiger partial charge is 0.0683 e. The Morgan fingerprint density at radius 3 is 2.56 bits per heavy atom. The molecule has 0 saturated heterocycles. The second-order valence-electron chi connectivity index (χ2n) is 5.36. The lowest BCUT2D eigenvalue weighted by Crippen LogP contribution is -2.31. The molecule has 0 unspecified atom stereocenters. The molecule has 0 aromatic carbocycles. The third-order valence-electron chi connectivity index (χ3n) is 3.20. The predicted molar refractivity (Wildman–Crippen MR) is 65.1 cm³/mol. The van der Waals surface area contributed by atoms with E-state index in [0.717, 1.165) is 38.6 Å². The van der Waals surface area contributed by atoms with Gasteiger partial charge in [-0.3, -0.25) is 4.90 Å². The zero-order valence-corrected chi connectivity index (χ0v) is 10.8. The van der Waals surface area contributed by atoms with Gasteiger partial charge in [0.1, 0.15) is 0 Å². The Bertz CT molecular complexity index is 241. The number of nitrogens with zero attached hydrogens (tertiary/aromatic N) is 2. The first kappa shape index (κ1) is 13.5. The van der Waals surface area contributed by atoms with Gasteiger partial charge in [-0.05, 0) is 46.1 Å². The third kappa shape index (κ3) is 4.96. The van der Waals surface area contributed by atoms with Crippen molar-refractivity contribution in [3.8, 4) is 6.07 Å². The monoisotopic (exact) mass is 224 g/mol. The molecule has 0 aromatic rings. The van der Waals surface area contributed by atoms with Gasteiger partial charge in [0.05, 0.1) is 18.1 Å². The molecule has 1 saturated carbocycles. The fourth-order valence-electron chi connectivity index (χ4n) is 1.91. The molecule has 1 fully saturated rings. The van der Waals surface area contributed by atoms with E-state index in [1.165, 1.54) is 12.8 Å². The Balaban J connectivity index is 2.20. The van der Waals surface area contributed by atoms with Gasteiger partial charge in [-0.1, -0.05) is 0 Å². The van der Waals surface area contributed by atoms with Crippen LogP contribution in [0.5, 0.6) is 0 Å². The number of nitriles is 1. The lowest BCUT2D eigenvalue weighted by molar-refractivity contribution is 0.140. The van der Waals surface area contributed by atoms with Crippen molar-refractivity contribution in [2.75, 3.05) is 26.8 Å². The number of hydrogen-bond acceptors (Lipinski definition) is 3. The first-order chi connectivity index (χ1) is 7.59. The van der Waals surface area contributed by atoms with E-state index in [1.54, 1.807) is 7.11 Å². The summed E-state index contributed by atoms with van der Waals surface area (Å²) in [5, 5.41) is 8.94. The molecule has 0 atom stereocenters. The quantitative estimate of drug-likeness (QED) is 0.635. The number of rotatable bonds is 8. The van der Waals surface area contributed by atoms with Crippen molar-refractivity contribution in [2.45, 2.75) is 45.6 Å². The van der Waals surface area contributed by atoms with Crippen LogP contribution in [-0.2, 0) is 4.74 Å². The molecule has 92 valence electrons. The number of ether oxygens (including phenoxy) is 1. The van der Waals surface area contributed by atoms with Crippen molar-refractivity contribution in [3.05, 3.63) is 0 Å². The molecule has 3 heteroatoms. The van der Waals surface area contributed by atoms with Gasteiger partial charge >= 0.3 is 0 Å². The molecule has 0 N–H and O–H groups in total. The molecule has 0 aromatic heterocycles. The normalized spacial score (nSPS) is 16.4. The standard InChI is InChI=1S/C13H24N2O/c1-13(2,11-14)7-4-8-15(9-10-16-3)12-5-6-12/h12H,4-10H2,1-3H3. The molecule has 1 aliphatic carbocycles. The van der Waals surface area contributed by atoms with Crippen LogP contribution in [0.3, 0.4) is 0 Å². The molecule has 0 spiro atoms. The fourth-order valence-corrected chi connectivity index (χ4v) is 1.91. The molecule has 3 nitrogen and oxygen atoms in total. The second-order valence-corrected chi connectivity index (χ2v) is 5.36. The summed E-state index contributed by atoms with van der Waals surface area (Å²) in [5.41, 5.74) is -0.170. The molecular formula is C13H24N2O. The number of methoxy groups -OCH3 is 1. The molecule has 16 heavy (non-hydrogen) atoms. The zero-order chi connectivity index (χ0) is 12.0. The van der Waals surface area contributed by atoms with Crippen LogP contribution in [-0.4, -0.2) is 37.7 Å². The maximum atomic E-state index is 8.94. The second kappa shape index (κ2) is 6.22. The van der Waals surface area contributed by atoms with Crippen molar-refractivity contribution in [1.82, 2.24) is 4.90 Å². The van der Waals surface area contributed by atoms with E-state index in [4.69, 9.17) is 10.00 Å². The van der Waals surface area contributed by atoms with Gasteiger partial charge in [-0.25, -0.2) is 0 Å². The minimum atomic E-state index is -0.170. The Morgan fingerprint density at radius 1 is 1.38 bits per heavy atom. The highest BCUT2D eigenvalue weighted by atomic mass is 16.5. The van der Waals surface area contributed by atoms with E-state index >= 15 is 0 Å². The molecule has 0 radical (unpaired) electrons. The van der Waals surface area contributed by atoms with Crippen LogP contribution in [0.2, 0.25) is 0 Å². The van der Waals surface area contributed by atoms with Crippen LogP contribution in [0.4, 0.5) is 0 Å². The first-order valence-electron chi connectivity index (χ1n) is 6.23. The van der Waals surface area contributed by atoms with Crippen LogP contribution >= 0.6 is 0 Å². The Labute approximate surface area is 99.4 Å². The average molecular weight is 224 g/mol. The summed E-state index contributed by atoms with van der Waals surface area (Å²) >= 11 is 0. The van der Waals surface area contributed by atoms with Gasteiger partial charge in [-0.2, -0.15) is 5.26 Å². The summed E-state index contributed by atoms with van der Waals surface area (Å²) in [4.78, 5) is 2.51. The maximum Gasteiger partial charge on any atom is 0.0683 e. The lowest BCUT2D eigenvalue weighted by atomic mass is 9.90. The Morgan fingerprint density at radius 2 is 2.06 bits per heavy atom. The summed E-state index contributed by atoms with van der Waals surface area (Å²) in [6, 6.07) is 3.15. The topological polar surface area (TPSA) is 36.3 Å². The van der Waals surface area contributed by atoms with Gasteiger partial charge in [0.15, 0.2) is 0 Å². The molecule has 1 rings (SSSR count). The largest absolute Gasteiger partial charge is 0.383 e. The van der Waals surface area contributed by atoms with E-state index in [2.05, 4.69) is 11.0 Å². The Kier molecular flexibility index (Phi) is 5.24.